The van der Waals surface area contributed by atoms with E-state index in [9.17, 15) is 9.90 Å². The number of carbonyl (C=O) groups excluding carboxylic acids is 1. The number of aromatic hydroxyl groups is 1. The summed E-state index contributed by atoms with van der Waals surface area (Å²) in [5, 5.41) is 15.0. The van der Waals surface area contributed by atoms with Crippen LogP contribution in [0.25, 0.3) is 43.5 Å². The monoisotopic (exact) mass is 338 g/mol. The zero-order valence-corrected chi connectivity index (χ0v) is 13.8. The third-order valence-electron chi connectivity index (χ3n) is 5.55. The zero-order chi connectivity index (χ0) is 17.4. The lowest BCUT2D eigenvalue weighted by molar-refractivity contribution is 0.0996. The van der Waals surface area contributed by atoms with Gasteiger partial charge in [0.2, 0.25) is 0 Å². The smallest absolute Gasteiger partial charge is 0.164 e. The van der Waals surface area contributed by atoms with Crippen LogP contribution in [-0.4, -0.2) is 20.9 Å². The normalized spacial score (nSPS) is 14.1. The van der Waals surface area contributed by atoms with Gasteiger partial charge in [0.15, 0.2) is 5.78 Å². The highest BCUT2D eigenvalue weighted by atomic mass is 16.3. The summed E-state index contributed by atoms with van der Waals surface area (Å²) >= 11 is 0. The van der Waals surface area contributed by atoms with E-state index in [-0.39, 0.29) is 11.5 Å². The largest absolute Gasteiger partial charge is 0.508 e. The highest BCUT2D eigenvalue weighted by Gasteiger charge is 2.28. The lowest BCUT2D eigenvalue weighted by atomic mass is 9.94. The van der Waals surface area contributed by atoms with Crippen LogP contribution in [-0.2, 0) is 6.42 Å². The highest BCUT2D eigenvalue weighted by Crippen LogP contribution is 2.43. The summed E-state index contributed by atoms with van der Waals surface area (Å²) in [6, 6.07) is 13.4. The molecule has 4 heteroatoms. The second-order valence-electron chi connectivity index (χ2n) is 6.95. The van der Waals surface area contributed by atoms with Crippen LogP contribution in [0.2, 0.25) is 0 Å². The minimum Gasteiger partial charge on any atom is -0.508 e. The van der Waals surface area contributed by atoms with E-state index in [2.05, 4.69) is 17.1 Å². The molecule has 2 N–H and O–H groups in total. The second-order valence-corrected chi connectivity index (χ2v) is 6.95. The SMILES string of the molecule is O=C1CCc2c1c1c3cc(O)ccc3[nH]c1c1ncc3ccccc3c21. The minimum absolute atomic E-state index is 0.170. The van der Waals surface area contributed by atoms with Gasteiger partial charge in [0.05, 0.1) is 11.0 Å². The Balaban J connectivity index is 1.98. The summed E-state index contributed by atoms with van der Waals surface area (Å²) in [5.74, 6) is 0.369. The predicted molar refractivity (Wildman–Crippen MR) is 103 cm³/mol. The molecule has 5 aromatic rings. The maximum atomic E-state index is 12.8. The first-order valence-electron chi connectivity index (χ1n) is 8.72. The Bertz CT molecular complexity index is 1410. The number of aromatic nitrogens is 2. The molecule has 1 aliphatic carbocycles. The summed E-state index contributed by atoms with van der Waals surface area (Å²) in [6.45, 7) is 0. The minimum atomic E-state index is 0.170. The topological polar surface area (TPSA) is 66.0 Å². The van der Waals surface area contributed by atoms with Crippen LogP contribution in [0, 0.1) is 0 Å². The first-order valence-corrected chi connectivity index (χ1v) is 8.72. The average molecular weight is 338 g/mol. The maximum absolute atomic E-state index is 12.8. The van der Waals surface area contributed by atoms with E-state index in [0.717, 1.165) is 61.0 Å². The molecule has 3 aromatic carbocycles. The van der Waals surface area contributed by atoms with Crippen molar-refractivity contribution in [2.75, 3.05) is 0 Å². The number of benzene rings is 3. The number of phenols is 1. The van der Waals surface area contributed by atoms with Crippen LogP contribution in [0.1, 0.15) is 22.3 Å². The number of ketones is 1. The summed E-state index contributed by atoms with van der Waals surface area (Å²) in [7, 11) is 0. The zero-order valence-electron chi connectivity index (χ0n) is 13.8. The number of nitrogens with zero attached hydrogens (tertiary/aromatic N) is 1. The Labute approximate surface area is 148 Å². The second kappa shape index (κ2) is 4.61. The van der Waals surface area contributed by atoms with Gasteiger partial charge in [-0.1, -0.05) is 24.3 Å². The maximum Gasteiger partial charge on any atom is 0.164 e. The fraction of sp³-hybridized carbons (Fsp3) is 0.0909. The van der Waals surface area contributed by atoms with Gasteiger partial charge in [-0.3, -0.25) is 9.78 Å². The molecule has 26 heavy (non-hydrogen) atoms. The van der Waals surface area contributed by atoms with E-state index in [0.29, 0.717) is 6.42 Å². The van der Waals surface area contributed by atoms with Crippen LogP contribution >= 0.6 is 0 Å². The van der Waals surface area contributed by atoms with E-state index >= 15 is 0 Å². The molecule has 0 radical (unpaired) electrons. The molecule has 0 amide bonds. The number of H-pyrrole nitrogens is 1. The van der Waals surface area contributed by atoms with Gasteiger partial charge in [0, 0.05) is 45.2 Å². The van der Waals surface area contributed by atoms with Gasteiger partial charge in [0.1, 0.15) is 5.75 Å². The van der Waals surface area contributed by atoms with Crippen LogP contribution < -0.4 is 0 Å². The number of hydrogen-bond donors (Lipinski definition) is 2. The van der Waals surface area contributed by atoms with Crippen LogP contribution in [0.4, 0.5) is 0 Å². The van der Waals surface area contributed by atoms with Crippen molar-refractivity contribution in [2.24, 2.45) is 0 Å². The number of carbonyl (C=O) groups is 1. The molecule has 2 heterocycles. The Morgan fingerprint density at radius 3 is 2.81 bits per heavy atom. The molecule has 0 unspecified atom stereocenters. The fourth-order valence-corrected chi connectivity index (χ4v) is 4.47. The molecule has 2 aromatic heterocycles. The van der Waals surface area contributed by atoms with Crippen LogP contribution in [0.3, 0.4) is 0 Å². The molecule has 6 rings (SSSR count). The molecule has 0 bridgehead atoms. The molecule has 0 spiro atoms. The lowest BCUT2D eigenvalue weighted by Gasteiger charge is -2.10. The number of aryl methyl sites for hydroxylation is 1. The number of Topliss-reactive ketones (excluding diaryl/α,β-unsaturated/α-hetero) is 1. The van der Waals surface area contributed by atoms with E-state index < -0.39 is 0 Å². The number of rotatable bonds is 0. The highest BCUT2D eigenvalue weighted by molar-refractivity contribution is 6.29. The van der Waals surface area contributed by atoms with E-state index in [1.807, 2.05) is 24.4 Å². The van der Waals surface area contributed by atoms with Crippen molar-refractivity contribution in [1.82, 2.24) is 9.97 Å². The molecule has 0 saturated heterocycles. The number of hydrogen-bond acceptors (Lipinski definition) is 3. The van der Waals surface area contributed by atoms with Gasteiger partial charge in [-0.2, -0.15) is 0 Å². The molecular weight excluding hydrogens is 324 g/mol. The van der Waals surface area contributed by atoms with Crippen LogP contribution in [0.5, 0.6) is 5.75 Å². The molecule has 0 fully saturated rings. The Hall–Kier alpha value is -3.40. The molecule has 0 saturated carbocycles. The molecule has 4 nitrogen and oxygen atoms in total. The van der Waals surface area contributed by atoms with Gasteiger partial charge in [-0.25, -0.2) is 0 Å². The number of nitrogens with one attached hydrogen (secondary N) is 1. The summed E-state index contributed by atoms with van der Waals surface area (Å²) < 4.78 is 0. The Kier molecular flexibility index (Phi) is 2.45. The van der Waals surface area contributed by atoms with Crippen molar-refractivity contribution in [2.45, 2.75) is 12.8 Å². The quantitative estimate of drug-likeness (QED) is 0.396. The number of phenolic OH excluding ortho intramolecular Hbond substituents is 1. The van der Waals surface area contributed by atoms with E-state index in [4.69, 9.17) is 4.98 Å². The molecule has 124 valence electrons. The van der Waals surface area contributed by atoms with Gasteiger partial charge in [-0.15, -0.1) is 0 Å². The third kappa shape index (κ3) is 1.59. The van der Waals surface area contributed by atoms with Crippen molar-refractivity contribution >= 4 is 49.3 Å². The first kappa shape index (κ1) is 13.8. The van der Waals surface area contributed by atoms with Gasteiger partial charge < -0.3 is 10.1 Å². The Morgan fingerprint density at radius 2 is 1.88 bits per heavy atom. The molecule has 0 aliphatic heterocycles. The third-order valence-corrected chi connectivity index (χ3v) is 5.55. The average Bonchev–Trinajstić information content (AvgIpc) is 3.22. The summed E-state index contributed by atoms with van der Waals surface area (Å²) in [5.41, 5.74) is 4.55. The first-order chi connectivity index (χ1) is 12.7. The van der Waals surface area contributed by atoms with Crippen molar-refractivity contribution in [3.05, 3.63) is 59.8 Å². The number of fused-ring (bicyclic) bond motifs is 10. The number of aromatic amines is 1. The van der Waals surface area contributed by atoms with E-state index in [1.165, 1.54) is 0 Å². The van der Waals surface area contributed by atoms with E-state index in [1.54, 1.807) is 12.1 Å². The predicted octanol–water partition coefficient (Wildman–Crippen LogP) is 4.86. The Morgan fingerprint density at radius 1 is 1.00 bits per heavy atom. The van der Waals surface area contributed by atoms with Crippen molar-refractivity contribution < 1.29 is 9.90 Å². The standard InChI is InChI=1S/C22H14N2O2/c25-12-5-7-16-15(9-12)20-19-14(6-8-17(19)26)18-13-4-2-1-3-11(13)10-23-21(18)22(20)24-16/h1-5,7,9-10,24-25H,6,8H2. The summed E-state index contributed by atoms with van der Waals surface area (Å²) in [6.07, 6.45) is 3.16. The van der Waals surface area contributed by atoms with Gasteiger partial charge in [-0.05, 0) is 35.6 Å². The molecule has 1 aliphatic rings. The van der Waals surface area contributed by atoms with Gasteiger partial charge in [0.25, 0.3) is 0 Å². The molecular formula is C22H14N2O2. The lowest BCUT2D eigenvalue weighted by Crippen LogP contribution is -1.96. The van der Waals surface area contributed by atoms with Crippen molar-refractivity contribution in [1.29, 1.82) is 0 Å². The fourth-order valence-electron chi connectivity index (χ4n) is 4.47. The van der Waals surface area contributed by atoms with Crippen LogP contribution in [0.15, 0.2) is 48.7 Å². The van der Waals surface area contributed by atoms with Crippen molar-refractivity contribution in [3.8, 4) is 5.75 Å². The van der Waals surface area contributed by atoms with Gasteiger partial charge >= 0.3 is 0 Å². The van der Waals surface area contributed by atoms with Crippen molar-refractivity contribution in [3.63, 3.8) is 0 Å². The summed E-state index contributed by atoms with van der Waals surface area (Å²) in [4.78, 5) is 21.0. The number of pyridine rings is 1. The molecule has 0 atom stereocenters.